The maximum atomic E-state index is 13.4. The maximum absolute atomic E-state index is 13.4. The van der Waals surface area contributed by atoms with E-state index in [1.54, 1.807) is 0 Å². The van der Waals surface area contributed by atoms with Crippen molar-refractivity contribution in [2.75, 3.05) is 11.9 Å². The third-order valence-electron chi connectivity index (χ3n) is 7.59. The largest absolute Gasteiger partial charge is 0.491 e. The molecule has 0 unspecified atom stereocenters. The Morgan fingerprint density at radius 1 is 1.15 bits per heavy atom. The number of ether oxygens (including phenoxy) is 1. The number of benzene rings is 2. The number of hydrogen-bond acceptors (Lipinski definition) is 3. The SMILES string of the molecule is CC(C)c1ccc(NC(=O)N2[C@@H]3CC[C@@H](C3)[C@H]2c2nc3c(OCC4CC4)cccc3[nH]2)cc1. The van der Waals surface area contributed by atoms with Crippen LogP contribution < -0.4 is 10.1 Å². The monoisotopic (exact) mass is 444 g/mol. The molecule has 1 saturated heterocycles. The Morgan fingerprint density at radius 3 is 2.73 bits per heavy atom. The lowest BCUT2D eigenvalue weighted by Crippen LogP contribution is -2.43. The minimum Gasteiger partial charge on any atom is -0.491 e. The number of likely N-dealkylation sites (tertiary alicyclic amines) is 1. The highest BCUT2D eigenvalue weighted by Crippen LogP contribution is 2.50. The second-order valence-corrected chi connectivity index (χ2v) is 10.3. The summed E-state index contributed by atoms with van der Waals surface area (Å²) in [5, 5.41) is 3.14. The van der Waals surface area contributed by atoms with E-state index in [1.807, 2.05) is 35.2 Å². The molecule has 172 valence electrons. The predicted octanol–water partition coefficient (Wildman–Crippen LogP) is 6.23. The molecule has 3 fully saturated rings. The number of piperidine rings is 1. The number of nitrogens with zero attached hydrogens (tertiary/aromatic N) is 2. The van der Waals surface area contributed by atoms with E-state index in [2.05, 4.69) is 36.3 Å². The van der Waals surface area contributed by atoms with Gasteiger partial charge < -0.3 is 19.9 Å². The summed E-state index contributed by atoms with van der Waals surface area (Å²) in [6, 6.07) is 14.5. The van der Waals surface area contributed by atoms with Crippen LogP contribution >= 0.6 is 0 Å². The molecule has 2 aromatic carbocycles. The third-order valence-corrected chi connectivity index (χ3v) is 7.59. The van der Waals surface area contributed by atoms with Crippen LogP contribution in [0.5, 0.6) is 5.75 Å². The number of para-hydroxylation sites is 1. The number of amides is 2. The molecule has 2 amide bonds. The van der Waals surface area contributed by atoms with Crippen LogP contribution in [0.2, 0.25) is 0 Å². The number of nitrogens with one attached hydrogen (secondary N) is 2. The fraction of sp³-hybridized carbons (Fsp3) is 0.481. The minimum absolute atomic E-state index is 0.0256. The molecule has 6 rings (SSSR count). The lowest BCUT2D eigenvalue weighted by Gasteiger charge is -2.34. The van der Waals surface area contributed by atoms with Crippen molar-refractivity contribution in [3.05, 3.63) is 53.9 Å². The van der Waals surface area contributed by atoms with Gasteiger partial charge in [0, 0.05) is 11.7 Å². The van der Waals surface area contributed by atoms with E-state index < -0.39 is 0 Å². The van der Waals surface area contributed by atoms with Crippen LogP contribution in [-0.4, -0.2) is 33.5 Å². The van der Waals surface area contributed by atoms with Crippen molar-refractivity contribution in [3.63, 3.8) is 0 Å². The Morgan fingerprint density at radius 2 is 1.97 bits per heavy atom. The van der Waals surface area contributed by atoms with Crippen molar-refractivity contribution >= 4 is 22.8 Å². The standard InChI is InChI=1S/C27H32N4O2/c1-16(2)18-8-11-20(12-9-18)28-27(32)31-21-13-10-19(14-21)25(31)26-29-22-4-3-5-23(24(22)30-26)33-15-17-6-7-17/h3-5,8-9,11-12,16-17,19,21,25H,6-7,10,13-15H2,1-2H3,(H,28,32)(H,29,30)/t19-,21+,25-/m0/s1. The number of aromatic nitrogens is 2. The van der Waals surface area contributed by atoms with Gasteiger partial charge in [0.2, 0.25) is 0 Å². The van der Waals surface area contributed by atoms with Gasteiger partial charge >= 0.3 is 6.03 Å². The number of H-pyrrole nitrogens is 1. The lowest BCUT2D eigenvalue weighted by molar-refractivity contribution is 0.154. The average Bonchev–Trinajstić information content (AvgIpc) is 3.20. The van der Waals surface area contributed by atoms with Crippen LogP contribution in [0.3, 0.4) is 0 Å². The van der Waals surface area contributed by atoms with Crippen LogP contribution in [0.15, 0.2) is 42.5 Å². The average molecular weight is 445 g/mol. The first kappa shape index (κ1) is 20.6. The van der Waals surface area contributed by atoms with E-state index in [1.165, 1.54) is 18.4 Å². The number of carbonyl (C=O) groups is 1. The van der Waals surface area contributed by atoms with Gasteiger partial charge in [-0.3, -0.25) is 0 Å². The summed E-state index contributed by atoms with van der Waals surface area (Å²) in [5.41, 5.74) is 3.96. The van der Waals surface area contributed by atoms with E-state index >= 15 is 0 Å². The molecule has 2 bridgehead atoms. The van der Waals surface area contributed by atoms with Gasteiger partial charge in [0.05, 0.1) is 18.2 Å². The first-order valence-corrected chi connectivity index (χ1v) is 12.4. The summed E-state index contributed by atoms with van der Waals surface area (Å²) in [6.07, 6.45) is 5.78. The van der Waals surface area contributed by atoms with E-state index in [-0.39, 0.29) is 18.1 Å². The zero-order chi connectivity index (χ0) is 22.5. The highest BCUT2D eigenvalue weighted by Gasteiger charge is 2.50. The summed E-state index contributed by atoms with van der Waals surface area (Å²) in [4.78, 5) is 24.0. The Hall–Kier alpha value is -3.02. The number of imidazole rings is 1. The number of hydrogen-bond donors (Lipinski definition) is 2. The first-order valence-electron chi connectivity index (χ1n) is 12.4. The van der Waals surface area contributed by atoms with Gasteiger partial charge in [0.1, 0.15) is 17.1 Å². The molecule has 3 aromatic rings. The lowest BCUT2D eigenvalue weighted by atomic mass is 9.98. The zero-order valence-corrected chi connectivity index (χ0v) is 19.4. The molecular formula is C27H32N4O2. The Bertz CT molecular complexity index is 1160. The van der Waals surface area contributed by atoms with Crippen LogP contribution in [0.1, 0.15) is 69.3 Å². The number of rotatable bonds is 6. The second-order valence-electron chi connectivity index (χ2n) is 10.3. The quantitative estimate of drug-likeness (QED) is 0.473. The molecule has 2 heterocycles. The predicted molar refractivity (Wildman–Crippen MR) is 130 cm³/mol. The molecule has 33 heavy (non-hydrogen) atoms. The third kappa shape index (κ3) is 3.85. The van der Waals surface area contributed by atoms with Crippen LogP contribution in [0.25, 0.3) is 11.0 Å². The van der Waals surface area contributed by atoms with Crippen molar-refractivity contribution in [2.45, 2.75) is 64.0 Å². The van der Waals surface area contributed by atoms with Crippen molar-refractivity contribution in [1.29, 1.82) is 0 Å². The minimum atomic E-state index is -0.0323. The number of aromatic amines is 1. The summed E-state index contributed by atoms with van der Waals surface area (Å²) in [6.45, 7) is 5.11. The molecular weight excluding hydrogens is 412 g/mol. The molecule has 2 aliphatic carbocycles. The molecule has 1 aliphatic heterocycles. The molecule has 6 heteroatoms. The fourth-order valence-electron chi connectivity index (χ4n) is 5.55. The molecule has 6 nitrogen and oxygen atoms in total. The van der Waals surface area contributed by atoms with Gasteiger partial charge in [0.15, 0.2) is 0 Å². The van der Waals surface area contributed by atoms with Gasteiger partial charge in [-0.25, -0.2) is 9.78 Å². The Kier molecular flexibility index (Phi) is 5.04. The zero-order valence-electron chi connectivity index (χ0n) is 19.4. The summed E-state index contributed by atoms with van der Waals surface area (Å²) < 4.78 is 6.09. The van der Waals surface area contributed by atoms with Gasteiger partial charge in [-0.15, -0.1) is 0 Å². The molecule has 0 spiro atoms. The molecule has 2 saturated carbocycles. The Balaban J connectivity index is 1.26. The van der Waals surface area contributed by atoms with Gasteiger partial charge in [0.25, 0.3) is 0 Å². The topological polar surface area (TPSA) is 70.2 Å². The number of fused-ring (bicyclic) bond motifs is 3. The van der Waals surface area contributed by atoms with Gasteiger partial charge in [-0.05, 0) is 79.7 Å². The normalized spacial score (nSPS) is 24.1. The summed E-state index contributed by atoms with van der Waals surface area (Å²) in [5.74, 6) is 3.33. The van der Waals surface area contributed by atoms with E-state index in [9.17, 15) is 4.79 Å². The molecule has 3 aliphatic rings. The second kappa shape index (κ2) is 8.08. The van der Waals surface area contributed by atoms with E-state index in [4.69, 9.17) is 9.72 Å². The molecule has 2 N–H and O–H groups in total. The van der Waals surface area contributed by atoms with Crippen molar-refractivity contribution in [2.24, 2.45) is 11.8 Å². The molecule has 0 radical (unpaired) electrons. The van der Waals surface area contributed by atoms with Crippen molar-refractivity contribution in [1.82, 2.24) is 14.9 Å². The fourth-order valence-corrected chi connectivity index (χ4v) is 5.55. The van der Waals surface area contributed by atoms with Crippen LogP contribution in [0, 0.1) is 11.8 Å². The van der Waals surface area contributed by atoms with Gasteiger partial charge in [-0.2, -0.15) is 0 Å². The highest BCUT2D eigenvalue weighted by molar-refractivity contribution is 5.90. The summed E-state index contributed by atoms with van der Waals surface area (Å²) in [7, 11) is 0. The van der Waals surface area contributed by atoms with Crippen molar-refractivity contribution < 1.29 is 9.53 Å². The number of urea groups is 1. The molecule has 1 aromatic heterocycles. The van der Waals surface area contributed by atoms with E-state index in [0.29, 0.717) is 17.8 Å². The van der Waals surface area contributed by atoms with Crippen LogP contribution in [0.4, 0.5) is 10.5 Å². The highest BCUT2D eigenvalue weighted by atomic mass is 16.5. The maximum Gasteiger partial charge on any atom is 0.322 e. The smallest absolute Gasteiger partial charge is 0.322 e. The number of anilines is 1. The van der Waals surface area contributed by atoms with Crippen LogP contribution in [-0.2, 0) is 0 Å². The number of carbonyl (C=O) groups excluding carboxylic acids is 1. The molecule has 3 atom stereocenters. The summed E-state index contributed by atoms with van der Waals surface area (Å²) >= 11 is 0. The van der Waals surface area contributed by atoms with Crippen molar-refractivity contribution in [3.8, 4) is 5.75 Å². The Labute approximate surface area is 194 Å². The van der Waals surface area contributed by atoms with E-state index in [0.717, 1.165) is 54.2 Å². The first-order chi connectivity index (χ1) is 16.1. The van der Waals surface area contributed by atoms with Gasteiger partial charge in [-0.1, -0.05) is 32.0 Å².